The molecule has 1 N–H and O–H groups in total. The molecule has 1 saturated heterocycles. The maximum absolute atomic E-state index is 11.5. The molecular formula is C17H23NO2. The lowest BCUT2D eigenvalue weighted by molar-refractivity contribution is -0.143. The number of hydrogen-bond acceptors (Lipinski definition) is 2. The third-order valence-corrected chi connectivity index (χ3v) is 4.99. The highest BCUT2D eigenvalue weighted by Crippen LogP contribution is 2.42. The summed E-state index contributed by atoms with van der Waals surface area (Å²) in [6, 6.07) is 10.2. The van der Waals surface area contributed by atoms with E-state index in [1.54, 1.807) is 0 Å². The van der Waals surface area contributed by atoms with Gasteiger partial charge in [0.1, 0.15) is 6.04 Å². The number of likely N-dealkylation sites (tertiary alicyclic amines) is 1. The minimum Gasteiger partial charge on any atom is -0.480 e. The maximum Gasteiger partial charge on any atom is 0.321 e. The predicted molar refractivity (Wildman–Crippen MR) is 78.6 cm³/mol. The fourth-order valence-electron chi connectivity index (χ4n) is 4.09. The smallest absolute Gasteiger partial charge is 0.321 e. The minimum absolute atomic E-state index is 0.224. The highest BCUT2D eigenvalue weighted by atomic mass is 16.4. The van der Waals surface area contributed by atoms with Gasteiger partial charge in [-0.2, -0.15) is 0 Å². The number of aliphatic carboxylic acids is 1. The van der Waals surface area contributed by atoms with Crippen molar-refractivity contribution in [2.45, 2.75) is 38.1 Å². The van der Waals surface area contributed by atoms with Crippen molar-refractivity contribution in [2.75, 3.05) is 13.1 Å². The molecule has 1 aliphatic heterocycles. The summed E-state index contributed by atoms with van der Waals surface area (Å²) < 4.78 is 0. The van der Waals surface area contributed by atoms with Crippen molar-refractivity contribution in [3.05, 3.63) is 35.9 Å². The molecule has 3 heteroatoms. The summed E-state index contributed by atoms with van der Waals surface area (Å²) in [6.07, 6.45) is 5.64. The van der Waals surface area contributed by atoms with Gasteiger partial charge in [0.15, 0.2) is 0 Å². The van der Waals surface area contributed by atoms with E-state index in [9.17, 15) is 9.90 Å². The Kier molecular flexibility index (Phi) is 4.06. The lowest BCUT2D eigenvalue weighted by Crippen LogP contribution is -2.40. The van der Waals surface area contributed by atoms with Gasteiger partial charge in [-0.25, -0.2) is 0 Å². The summed E-state index contributed by atoms with van der Waals surface area (Å²) in [6.45, 7) is 1.91. The van der Waals surface area contributed by atoms with E-state index in [-0.39, 0.29) is 6.04 Å². The van der Waals surface area contributed by atoms with Gasteiger partial charge in [0, 0.05) is 6.54 Å². The molecule has 0 spiro atoms. The fourth-order valence-corrected chi connectivity index (χ4v) is 4.09. The second-order valence-corrected chi connectivity index (χ2v) is 6.22. The van der Waals surface area contributed by atoms with Crippen LogP contribution in [0.1, 0.15) is 31.2 Å². The van der Waals surface area contributed by atoms with Crippen molar-refractivity contribution < 1.29 is 9.90 Å². The average Bonchev–Trinajstić information content (AvgIpc) is 2.99. The second-order valence-electron chi connectivity index (χ2n) is 6.22. The highest BCUT2D eigenvalue weighted by molar-refractivity contribution is 5.74. The predicted octanol–water partition coefficient (Wildman–Crippen LogP) is 2.80. The van der Waals surface area contributed by atoms with E-state index in [1.165, 1.54) is 18.4 Å². The number of aryl methyl sites for hydroxylation is 1. The van der Waals surface area contributed by atoms with Crippen molar-refractivity contribution in [1.29, 1.82) is 0 Å². The van der Waals surface area contributed by atoms with Gasteiger partial charge < -0.3 is 5.11 Å². The summed E-state index contributed by atoms with van der Waals surface area (Å²) in [7, 11) is 0. The molecule has 3 nitrogen and oxygen atoms in total. The number of fused-ring (bicyclic) bond motifs is 1. The molecule has 3 atom stereocenters. The third-order valence-electron chi connectivity index (χ3n) is 4.99. The van der Waals surface area contributed by atoms with Gasteiger partial charge in [0.25, 0.3) is 0 Å². The monoisotopic (exact) mass is 273 g/mol. The number of carboxylic acids is 1. The first kappa shape index (κ1) is 13.6. The summed E-state index contributed by atoms with van der Waals surface area (Å²) in [5.41, 5.74) is 1.35. The normalized spacial score (nSPS) is 29.5. The van der Waals surface area contributed by atoms with Crippen LogP contribution in [-0.2, 0) is 11.2 Å². The Balaban J connectivity index is 1.55. The number of nitrogens with zero attached hydrogens (tertiary/aromatic N) is 1. The van der Waals surface area contributed by atoms with E-state index in [4.69, 9.17) is 0 Å². The Hall–Kier alpha value is -1.35. The first-order chi connectivity index (χ1) is 9.75. The topological polar surface area (TPSA) is 40.5 Å². The van der Waals surface area contributed by atoms with E-state index in [0.717, 1.165) is 32.4 Å². The molecule has 2 aliphatic rings. The zero-order valence-corrected chi connectivity index (χ0v) is 11.9. The Morgan fingerprint density at radius 1 is 1.25 bits per heavy atom. The van der Waals surface area contributed by atoms with Crippen molar-refractivity contribution >= 4 is 5.97 Å². The van der Waals surface area contributed by atoms with Crippen molar-refractivity contribution in [3.63, 3.8) is 0 Å². The van der Waals surface area contributed by atoms with Crippen LogP contribution in [0.25, 0.3) is 0 Å². The largest absolute Gasteiger partial charge is 0.480 e. The Labute approximate surface area is 120 Å². The van der Waals surface area contributed by atoms with Crippen LogP contribution >= 0.6 is 0 Å². The van der Waals surface area contributed by atoms with Crippen LogP contribution in [0.3, 0.4) is 0 Å². The molecule has 2 fully saturated rings. The number of carbonyl (C=O) groups is 1. The van der Waals surface area contributed by atoms with Crippen LogP contribution in [0.2, 0.25) is 0 Å². The maximum atomic E-state index is 11.5. The number of hydrogen-bond donors (Lipinski definition) is 1. The van der Waals surface area contributed by atoms with Gasteiger partial charge in [-0.15, -0.1) is 0 Å². The standard InChI is InChI=1S/C17H23NO2/c19-17(20)16-15-10-4-9-14(15)12-18(16)11-5-8-13-6-2-1-3-7-13/h1-3,6-7,14-16H,4-5,8-12H2,(H,19,20). The SMILES string of the molecule is O=C(O)C1C2CCCC2CN1CCCc1ccccc1. The lowest BCUT2D eigenvalue weighted by Gasteiger charge is -2.24. The summed E-state index contributed by atoms with van der Waals surface area (Å²) in [4.78, 5) is 13.8. The zero-order valence-electron chi connectivity index (χ0n) is 11.9. The van der Waals surface area contributed by atoms with Crippen LogP contribution < -0.4 is 0 Å². The second kappa shape index (κ2) is 5.96. The van der Waals surface area contributed by atoms with Gasteiger partial charge in [-0.05, 0) is 49.6 Å². The van der Waals surface area contributed by atoms with E-state index >= 15 is 0 Å². The Morgan fingerprint density at radius 2 is 2.05 bits per heavy atom. The van der Waals surface area contributed by atoms with Crippen LogP contribution in [-0.4, -0.2) is 35.1 Å². The van der Waals surface area contributed by atoms with Crippen LogP contribution in [0, 0.1) is 11.8 Å². The summed E-state index contributed by atoms with van der Waals surface area (Å²) in [5.74, 6) is 0.427. The minimum atomic E-state index is -0.612. The number of rotatable bonds is 5. The van der Waals surface area contributed by atoms with Gasteiger partial charge in [0.05, 0.1) is 0 Å². The van der Waals surface area contributed by atoms with Gasteiger partial charge >= 0.3 is 5.97 Å². The molecule has 3 unspecified atom stereocenters. The molecule has 20 heavy (non-hydrogen) atoms. The highest BCUT2D eigenvalue weighted by Gasteiger charge is 2.47. The molecule has 1 aliphatic carbocycles. The zero-order chi connectivity index (χ0) is 13.9. The number of carboxylic acid groups (broad SMARTS) is 1. The Bertz CT molecular complexity index is 459. The van der Waals surface area contributed by atoms with Crippen LogP contribution in [0.5, 0.6) is 0 Å². The van der Waals surface area contributed by atoms with Crippen LogP contribution in [0.4, 0.5) is 0 Å². The fraction of sp³-hybridized carbons (Fsp3) is 0.588. The van der Waals surface area contributed by atoms with Gasteiger partial charge in [-0.3, -0.25) is 9.69 Å². The quantitative estimate of drug-likeness (QED) is 0.897. The molecule has 1 saturated carbocycles. The molecule has 1 aromatic rings. The van der Waals surface area contributed by atoms with E-state index < -0.39 is 5.97 Å². The van der Waals surface area contributed by atoms with E-state index in [0.29, 0.717) is 11.8 Å². The van der Waals surface area contributed by atoms with Gasteiger partial charge in [0.2, 0.25) is 0 Å². The first-order valence-electron chi connectivity index (χ1n) is 7.76. The van der Waals surface area contributed by atoms with Crippen LogP contribution in [0.15, 0.2) is 30.3 Å². The van der Waals surface area contributed by atoms with Gasteiger partial charge in [-0.1, -0.05) is 36.8 Å². The molecule has 1 aromatic carbocycles. The molecule has 108 valence electrons. The Morgan fingerprint density at radius 3 is 2.80 bits per heavy atom. The summed E-state index contributed by atoms with van der Waals surface area (Å²) in [5, 5.41) is 9.51. The molecule has 0 aromatic heterocycles. The molecule has 0 amide bonds. The van der Waals surface area contributed by atoms with Crippen molar-refractivity contribution in [3.8, 4) is 0 Å². The number of benzene rings is 1. The third kappa shape index (κ3) is 2.73. The first-order valence-corrected chi connectivity index (χ1v) is 7.76. The van der Waals surface area contributed by atoms with E-state index in [2.05, 4.69) is 29.2 Å². The molecule has 1 heterocycles. The van der Waals surface area contributed by atoms with Crippen molar-refractivity contribution in [2.24, 2.45) is 11.8 Å². The molecular weight excluding hydrogens is 250 g/mol. The summed E-state index contributed by atoms with van der Waals surface area (Å²) >= 11 is 0. The molecule has 3 rings (SSSR count). The van der Waals surface area contributed by atoms with E-state index in [1.807, 2.05) is 6.07 Å². The molecule has 0 radical (unpaired) electrons. The van der Waals surface area contributed by atoms with Crippen molar-refractivity contribution in [1.82, 2.24) is 4.90 Å². The molecule has 0 bridgehead atoms. The average molecular weight is 273 g/mol. The lowest BCUT2D eigenvalue weighted by atomic mass is 9.94.